The van der Waals surface area contributed by atoms with Crippen molar-refractivity contribution in [3.63, 3.8) is 0 Å². The molecule has 3 amide bonds. The summed E-state index contributed by atoms with van der Waals surface area (Å²) in [6.07, 6.45) is -6.80. The van der Waals surface area contributed by atoms with Crippen LogP contribution in [-0.4, -0.2) is 59.7 Å². The van der Waals surface area contributed by atoms with E-state index in [0.29, 0.717) is 4.90 Å². The van der Waals surface area contributed by atoms with Gasteiger partial charge in [0.15, 0.2) is 0 Å². The Morgan fingerprint density at radius 1 is 1.21 bits per heavy atom. The standard InChI is InChI=1S/C25H27FN4O4/c26-20-12-16(14-29-8-10-34-11-9-29)4-5-17(20)13-27-21-3-1-2-18-19(21)15-30(25(18)33)22-6-7-23(31)28-24(22)32/h1-5,12,22,27H,6-11,13-15H2,(H,28,31,32)/t22-/m1/s1/i6D2,7D2,8D2,9D2,10D2,11D2,22D. The highest BCUT2D eigenvalue weighted by atomic mass is 19.1. The highest BCUT2D eigenvalue weighted by Gasteiger charge is 2.39. The second kappa shape index (κ2) is 9.52. The summed E-state index contributed by atoms with van der Waals surface area (Å²) in [5.74, 6) is -4.94. The lowest BCUT2D eigenvalue weighted by Gasteiger charge is -2.29. The van der Waals surface area contributed by atoms with Crippen molar-refractivity contribution in [2.45, 2.75) is 38.4 Å². The second-order valence-electron chi connectivity index (χ2n) is 7.50. The van der Waals surface area contributed by atoms with Crippen LogP contribution in [0.4, 0.5) is 10.1 Å². The van der Waals surface area contributed by atoms with Crippen molar-refractivity contribution >= 4 is 23.4 Å². The number of rotatable bonds is 6. The van der Waals surface area contributed by atoms with E-state index in [0.717, 1.165) is 6.07 Å². The molecule has 3 aliphatic heterocycles. The SMILES string of the molecule is [2H]C1([2H])OC([2H])([2H])C([2H])([2H])N(Cc2ccc(CNc3cccc4c3CN([C@@]3([2H])C(=O)NC(=O)C([2H])([2H])C3([2H])[2H])C4=O)c(F)c2)C1([2H])[2H]. The monoisotopic (exact) mass is 479 g/mol. The van der Waals surface area contributed by atoms with Gasteiger partial charge in [0.1, 0.15) is 11.8 Å². The number of morpholine rings is 1. The summed E-state index contributed by atoms with van der Waals surface area (Å²) in [5, 5.41) is 4.55. The normalized spacial score (nSPS) is 37.6. The fourth-order valence-electron chi connectivity index (χ4n) is 3.73. The number of benzene rings is 2. The molecule has 2 fully saturated rings. The molecular formula is C25H27FN4O4. The molecule has 0 bridgehead atoms. The molecule has 0 radical (unpaired) electrons. The van der Waals surface area contributed by atoms with Gasteiger partial charge in [0.25, 0.3) is 5.91 Å². The molecular weight excluding hydrogens is 439 g/mol. The summed E-state index contributed by atoms with van der Waals surface area (Å²) in [4.78, 5) is 38.9. The molecule has 9 heteroatoms. The van der Waals surface area contributed by atoms with Crippen LogP contribution >= 0.6 is 0 Å². The zero-order valence-corrected chi connectivity index (χ0v) is 17.5. The summed E-state index contributed by atoms with van der Waals surface area (Å²) in [6.45, 7) is -14.4. The number of halogens is 1. The largest absolute Gasteiger partial charge is 0.381 e. The van der Waals surface area contributed by atoms with Gasteiger partial charge < -0.3 is 15.0 Å². The Hall–Kier alpha value is -3.30. The topological polar surface area (TPSA) is 91.0 Å². The molecule has 2 saturated heterocycles. The first kappa shape index (κ1) is 11.9. The molecule has 0 spiro atoms. The molecule has 0 unspecified atom stereocenters. The number of nitrogens with zero attached hydrogens (tertiary/aromatic N) is 2. The molecule has 5 rings (SSSR count). The van der Waals surface area contributed by atoms with E-state index in [9.17, 15) is 14.4 Å². The number of piperidine rings is 1. The maximum Gasteiger partial charge on any atom is 0.255 e. The minimum Gasteiger partial charge on any atom is -0.381 e. The van der Waals surface area contributed by atoms with Gasteiger partial charge in [-0.05, 0) is 30.1 Å². The minimum absolute atomic E-state index is 0.0199. The first-order chi connectivity index (χ1) is 21.3. The summed E-state index contributed by atoms with van der Waals surface area (Å²) in [5.41, 5.74) is 0.363. The maximum absolute atomic E-state index is 15.3. The summed E-state index contributed by atoms with van der Waals surface area (Å²) >= 11 is 0. The average Bonchev–Trinajstić information content (AvgIpc) is 3.29. The fourth-order valence-corrected chi connectivity index (χ4v) is 3.73. The molecule has 178 valence electrons. The highest BCUT2D eigenvalue weighted by molar-refractivity contribution is 6.06. The van der Waals surface area contributed by atoms with Crippen molar-refractivity contribution in [2.75, 3.05) is 31.4 Å². The van der Waals surface area contributed by atoms with Gasteiger partial charge >= 0.3 is 0 Å². The lowest BCUT2D eigenvalue weighted by Crippen LogP contribution is -2.52. The third-order valence-electron chi connectivity index (χ3n) is 5.37. The van der Waals surface area contributed by atoms with Gasteiger partial charge in [0.05, 0.1) is 20.0 Å². The number of hydrogen-bond acceptors (Lipinski definition) is 6. The van der Waals surface area contributed by atoms with Crippen LogP contribution in [0.15, 0.2) is 36.4 Å². The van der Waals surface area contributed by atoms with Gasteiger partial charge in [-0.1, -0.05) is 18.2 Å². The lowest BCUT2D eigenvalue weighted by molar-refractivity contribution is -0.136. The van der Waals surface area contributed by atoms with Crippen LogP contribution in [0.3, 0.4) is 0 Å². The Morgan fingerprint density at radius 3 is 2.82 bits per heavy atom. The van der Waals surface area contributed by atoms with Gasteiger partial charge in [-0.15, -0.1) is 0 Å². The molecule has 0 aliphatic carbocycles. The number of carbonyl (C=O) groups excluding carboxylic acids is 3. The predicted octanol–water partition coefficient (Wildman–Crippen LogP) is 2.03. The van der Waals surface area contributed by atoms with Gasteiger partial charge in [0.2, 0.25) is 11.8 Å². The van der Waals surface area contributed by atoms with E-state index in [1.165, 1.54) is 30.3 Å². The Morgan fingerprint density at radius 2 is 2.03 bits per heavy atom. The highest BCUT2D eigenvalue weighted by Crippen LogP contribution is 2.32. The van der Waals surface area contributed by atoms with E-state index in [1.54, 1.807) is 5.32 Å². The molecule has 3 heterocycles. The molecule has 2 aromatic rings. The molecule has 0 aromatic heterocycles. The Bertz CT molecular complexity index is 1670. The van der Waals surface area contributed by atoms with E-state index in [4.69, 9.17) is 17.8 Å². The van der Waals surface area contributed by atoms with E-state index in [1.807, 2.05) is 0 Å². The fraction of sp³-hybridized carbons (Fsp3) is 0.400. The van der Waals surface area contributed by atoms with Crippen molar-refractivity contribution in [1.82, 2.24) is 15.1 Å². The van der Waals surface area contributed by atoms with E-state index < -0.39 is 81.5 Å². The quantitative estimate of drug-likeness (QED) is 0.617. The summed E-state index contributed by atoms with van der Waals surface area (Å²) in [6, 6.07) is 4.59. The smallest absolute Gasteiger partial charge is 0.255 e. The summed E-state index contributed by atoms with van der Waals surface area (Å²) < 4.78 is 124. The molecule has 8 nitrogen and oxygen atoms in total. The minimum atomic E-state index is -3.46. The molecule has 3 aliphatic rings. The second-order valence-corrected chi connectivity index (χ2v) is 7.50. The van der Waals surface area contributed by atoms with Crippen LogP contribution < -0.4 is 10.6 Å². The van der Waals surface area contributed by atoms with Gasteiger partial charge in [0, 0.05) is 72.3 Å². The van der Waals surface area contributed by atoms with Crippen LogP contribution in [0.1, 0.15) is 57.6 Å². The van der Waals surface area contributed by atoms with Crippen molar-refractivity contribution in [3.05, 3.63) is 64.5 Å². The lowest BCUT2D eigenvalue weighted by atomic mass is 10.0. The molecule has 2 N–H and O–H groups in total. The van der Waals surface area contributed by atoms with Crippen molar-refractivity contribution in [1.29, 1.82) is 0 Å². The Kier molecular flexibility index (Phi) is 3.33. The average molecular weight is 480 g/mol. The zero-order chi connectivity index (χ0) is 35.3. The van der Waals surface area contributed by atoms with Crippen molar-refractivity contribution < 1.29 is 41.3 Å². The van der Waals surface area contributed by atoms with E-state index in [2.05, 4.69) is 10.1 Å². The molecule has 1 atom stereocenters. The van der Waals surface area contributed by atoms with E-state index in [-0.39, 0.29) is 39.4 Å². The third-order valence-corrected chi connectivity index (χ3v) is 5.37. The number of nitrogens with one attached hydrogen (secondary N) is 2. The number of hydrogen-bond donors (Lipinski definition) is 2. The third kappa shape index (κ3) is 4.53. The molecule has 0 saturated carbocycles. The van der Waals surface area contributed by atoms with Crippen molar-refractivity contribution in [3.8, 4) is 0 Å². The number of carbonyl (C=O) groups is 3. The van der Waals surface area contributed by atoms with Gasteiger partial charge in [-0.3, -0.25) is 24.6 Å². The van der Waals surface area contributed by atoms with Gasteiger partial charge in [-0.2, -0.15) is 0 Å². The number of amides is 3. The molecule has 34 heavy (non-hydrogen) atoms. The Balaban J connectivity index is 1.37. The van der Waals surface area contributed by atoms with Crippen LogP contribution in [0.25, 0.3) is 0 Å². The van der Waals surface area contributed by atoms with Gasteiger partial charge in [-0.25, -0.2) is 4.39 Å². The van der Waals surface area contributed by atoms with Crippen LogP contribution in [-0.2, 0) is 34.0 Å². The van der Waals surface area contributed by atoms with E-state index >= 15 is 4.39 Å². The van der Waals surface area contributed by atoms with Crippen LogP contribution in [0, 0.1) is 5.82 Å². The van der Waals surface area contributed by atoms with Crippen LogP contribution in [0.5, 0.6) is 0 Å². The number of fused-ring (bicyclic) bond motifs is 1. The first-order valence-electron chi connectivity index (χ1n) is 16.6. The predicted molar refractivity (Wildman–Crippen MR) is 122 cm³/mol. The molecule has 2 aromatic carbocycles. The number of ether oxygens (including phenoxy) is 1. The Labute approximate surface area is 215 Å². The zero-order valence-electron chi connectivity index (χ0n) is 30.5. The maximum atomic E-state index is 15.3. The van der Waals surface area contributed by atoms with Crippen LogP contribution in [0.2, 0.25) is 0 Å². The summed E-state index contributed by atoms with van der Waals surface area (Å²) in [7, 11) is 0. The number of imide groups is 1. The number of anilines is 1. The first-order valence-corrected chi connectivity index (χ1v) is 10.1. The van der Waals surface area contributed by atoms with Crippen molar-refractivity contribution in [2.24, 2.45) is 0 Å².